The molecule has 8 aliphatic heterocycles. The second-order valence-electron chi connectivity index (χ2n) is 43.1. The van der Waals surface area contributed by atoms with E-state index in [1.165, 1.54) is 13.8 Å². The van der Waals surface area contributed by atoms with Gasteiger partial charge in [-0.3, -0.25) is 14.4 Å². The van der Waals surface area contributed by atoms with Gasteiger partial charge in [0.15, 0.2) is 62.3 Å². The van der Waals surface area contributed by atoms with Crippen molar-refractivity contribution in [1.82, 2.24) is 0 Å². The Balaban J connectivity index is 0.800. The quantitative estimate of drug-likeness (QED) is 0.00923. The topological polar surface area (TPSA) is 737 Å². The number of aldehydes is 1. The van der Waals surface area contributed by atoms with Gasteiger partial charge in [0.25, 0.3) is 0 Å². The zero-order valence-electron chi connectivity index (χ0n) is 80.7. The Hall–Kier alpha value is -4.23. The molecule has 47 heteroatoms. The van der Waals surface area contributed by atoms with Gasteiger partial charge in [0.05, 0.1) is 101 Å². The van der Waals surface area contributed by atoms with Gasteiger partial charge in [-0.15, -0.1) is 0 Å². The predicted octanol–water partition coefficient (Wildman–Crippen LogP) is -6.32. The summed E-state index contributed by atoms with van der Waals surface area (Å²) < 4.78 is 110. The van der Waals surface area contributed by atoms with Crippen molar-refractivity contribution >= 4 is 30.2 Å². The Bertz CT molecular complexity index is 4160. The van der Waals surface area contributed by atoms with Gasteiger partial charge >= 0.3 is 23.9 Å². The van der Waals surface area contributed by atoms with Crippen LogP contribution in [0.15, 0.2) is 11.6 Å². The van der Waals surface area contributed by atoms with Crippen molar-refractivity contribution in [2.75, 3.05) is 39.6 Å². The van der Waals surface area contributed by atoms with E-state index < -0.39 is 384 Å². The van der Waals surface area contributed by atoms with Crippen LogP contribution in [0.2, 0.25) is 0 Å². The van der Waals surface area contributed by atoms with E-state index in [9.17, 15) is 142 Å². The fourth-order valence-electron chi connectivity index (χ4n) is 24.3. The molecule has 0 amide bonds. The lowest BCUT2D eigenvalue weighted by Crippen LogP contribution is -2.69. The number of carboxylic acid groups (broad SMARTS) is 1. The molecule has 0 aromatic heterocycles. The number of carbonyl (C=O) groups excluding carboxylic acids is 4. The minimum absolute atomic E-state index is 0.0179. The van der Waals surface area contributed by atoms with E-state index in [0.717, 1.165) is 11.9 Å². The van der Waals surface area contributed by atoms with Crippen LogP contribution in [0, 0.1) is 62.1 Å². The van der Waals surface area contributed by atoms with Gasteiger partial charge < -0.3 is 213 Å². The number of esters is 3. The lowest BCUT2D eigenvalue weighted by Gasteiger charge is -2.71. The normalized spacial score (nSPS) is 48.8. The van der Waals surface area contributed by atoms with Gasteiger partial charge in [-0.05, 0) is 123 Å². The molecule has 17 unspecified atom stereocenters. The molecule has 13 aliphatic rings. The second kappa shape index (κ2) is 44.9. The molecule has 12 fully saturated rings. The van der Waals surface area contributed by atoms with E-state index in [1.54, 1.807) is 27.7 Å². The number of aliphatic hydroxyl groups excluding tert-OH is 22. The predicted molar refractivity (Wildman–Crippen MR) is 464 cm³/mol. The number of allylic oxidation sites excluding steroid dienone is 2. The molecular weight excluding hydrogens is 1870 g/mol. The molecular formula is C93H150O47. The molecule has 24 N–H and O–H groups in total. The minimum Gasteiger partial charge on any atom is -0.479 e. The smallest absolute Gasteiger partial charge is 0.335 e. The summed E-state index contributed by atoms with van der Waals surface area (Å²) in [7, 11) is 0. The molecule has 0 aromatic carbocycles. The Kier molecular flexibility index (Phi) is 36.2. The molecule has 804 valence electrons. The zero-order valence-corrected chi connectivity index (χ0v) is 80.7. The number of ether oxygens (including phenoxy) is 18. The number of rotatable bonds is 35. The van der Waals surface area contributed by atoms with Gasteiger partial charge in [0.1, 0.15) is 158 Å². The Labute approximate surface area is 808 Å². The summed E-state index contributed by atoms with van der Waals surface area (Å²) in [6.45, 7) is 16.8. The van der Waals surface area contributed by atoms with Crippen molar-refractivity contribution in [1.29, 1.82) is 0 Å². The Morgan fingerprint density at radius 2 is 1.04 bits per heavy atom. The third-order valence-electron chi connectivity index (χ3n) is 33.6. The largest absolute Gasteiger partial charge is 0.479 e. The van der Waals surface area contributed by atoms with Crippen LogP contribution >= 0.6 is 0 Å². The lowest BCUT2D eigenvalue weighted by atomic mass is 9.33. The molecule has 8 saturated heterocycles. The summed E-state index contributed by atoms with van der Waals surface area (Å²) in [6, 6.07) is 0. The summed E-state index contributed by atoms with van der Waals surface area (Å²) in [4.78, 5) is 72.1. The first-order chi connectivity index (χ1) is 65.7. The lowest BCUT2D eigenvalue weighted by molar-refractivity contribution is -0.396. The molecule has 140 heavy (non-hydrogen) atoms. The highest BCUT2D eigenvalue weighted by atomic mass is 16.8. The number of aliphatic carboxylic acids is 1. The molecule has 0 bridgehead atoms. The first-order valence-corrected chi connectivity index (χ1v) is 48.9. The highest BCUT2D eigenvalue weighted by molar-refractivity contribution is 5.80. The van der Waals surface area contributed by atoms with Gasteiger partial charge in [-0.2, -0.15) is 0 Å². The standard InChI is InChI=1S/C93H150O47/c1-13-36(3)44(100)23-40(98)25-54(104)128-47(37(4)14-2)24-41(99)26-55(105)132-68-38(5)127-83(74(64(68)114)138-82-67(117)72(136-80-62(112)59(109)57(107)48(29-94)129-80)69(39(6)126-82)133-79-66(116)70(46(102)32-124-79)134-85-76(118)92(122,34-97)35-125-85)140-86(121)93-22-21-87(7,8)27-43(93)42-15-16-51-88(9)19-18-53(89(10,33-96)50(88)17-20-90(51,11)91(42,12)28-52(93)103)131-84-75(139-81-63(113)60(110)58(108)49(30-95)130-81)71(65(115)73(137-84)77(119)120)135-78-61(111)56(106)45(101)31-123-78/h15,33,36-41,43-53,56-76,78-85,94-95,97-103,106-118,122H,13-14,16-32,34-35H2,1-12H3,(H,119,120)/t36-,37-,38?,39?,40-,41-,43?,44-,45+,46?,47-,48?,49?,50?,51?,52+,53-,56-,57+,58-,59-,60-,61?,62?,63?,64?,65+,66-,67?,68+,69-,70-,71-,72+,73?,74+,75?,76?,78-,79?,80-,81-,82-,83-,84+,85-,88-,89-,90+,91+,92+,93+/m0/s1. The molecule has 4 saturated carbocycles. The van der Waals surface area contributed by atoms with Crippen LogP contribution in [0.4, 0.5) is 0 Å². The third kappa shape index (κ3) is 21.8. The van der Waals surface area contributed by atoms with E-state index >= 15 is 4.79 Å². The van der Waals surface area contributed by atoms with Crippen molar-refractivity contribution in [3.63, 3.8) is 0 Å². The van der Waals surface area contributed by atoms with E-state index in [1.807, 2.05) is 27.7 Å². The second-order valence-corrected chi connectivity index (χ2v) is 43.1. The average molecular weight is 2020 g/mol. The highest BCUT2D eigenvalue weighted by Gasteiger charge is 2.74. The summed E-state index contributed by atoms with van der Waals surface area (Å²) in [5, 5.41) is 270. The van der Waals surface area contributed by atoms with Crippen LogP contribution in [0.3, 0.4) is 0 Å². The number of hydrogen-bond acceptors (Lipinski definition) is 46. The van der Waals surface area contributed by atoms with Crippen LogP contribution < -0.4 is 0 Å². The number of carboxylic acids is 1. The SMILES string of the molecule is CC[C@H](C)[C@H](C[C@H](O)CC(=O)O[C@@H]1C(C)O[C@@H](OC(=O)[C@]23CCC(C)(C)CC2C2=CCC4[C@@]5(C)CC[C@H](O[C@@H]6OC(C(=O)O)[C@H](O)[C@H](O[C@@H]7OC[C@@H](O)[C@H](O)C7O)C6O[C@@H]6OC(CO)[C@H](O)[C@H](O)C6O)[C@@](C)(C=O)C5CC[C@@]4(C)[C@]2(C)C[C@H]3O)[C@H](O[C@@H]2OC(C)[C@H](OC3OCC(O)[C@H](O[C@@H]4OC[C@](O)(CO)C4O)[C@@H]3O)[C@H](O[C@@H]3OC(CO)[C@@H](O)[C@H](O)C3O)C2O)C1O)OC(=O)C[C@@H](O)C[C@H](O)[C@@H](C)CC. The van der Waals surface area contributed by atoms with E-state index in [4.69, 9.17) is 85.3 Å². The van der Waals surface area contributed by atoms with Gasteiger partial charge in [0.2, 0.25) is 6.29 Å². The minimum atomic E-state index is -2.36. The molecule has 52 atom stereocenters. The van der Waals surface area contributed by atoms with Crippen LogP contribution in [0.25, 0.3) is 0 Å². The first kappa shape index (κ1) is 113. The molecule has 5 aliphatic carbocycles. The highest BCUT2D eigenvalue weighted by Crippen LogP contribution is 2.76. The van der Waals surface area contributed by atoms with E-state index in [2.05, 4.69) is 19.9 Å². The summed E-state index contributed by atoms with van der Waals surface area (Å²) >= 11 is 0. The van der Waals surface area contributed by atoms with Crippen LogP contribution in [0.5, 0.6) is 0 Å². The number of fused-ring (bicyclic) bond motifs is 7. The molecule has 0 spiro atoms. The van der Waals surface area contributed by atoms with Crippen molar-refractivity contribution in [3.8, 4) is 0 Å². The first-order valence-electron chi connectivity index (χ1n) is 48.9. The maximum atomic E-state index is 16.6. The Morgan fingerprint density at radius 1 is 0.500 bits per heavy atom. The van der Waals surface area contributed by atoms with Gasteiger partial charge in [0, 0.05) is 12.8 Å². The Morgan fingerprint density at radius 3 is 1.64 bits per heavy atom. The van der Waals surface area contributed by atoms with Crippen LogP contribution in [-0.2, 0) is 109 Å². The van der Waals surface area contributed by atoms with Crippen molar-refractivity contribution in [3.05, 3.63) is 11.6 Å². The fraction of sp³-hybridized carbons (Fsp3) is 0.925. The number of carbonyl (C=O) groups is 5. The zero-order chi connectivity index (χ0) is 103. The summed E-state index contributed by atoms with van der Waals surface area (Å²) in [6.07, 6.45) is -73.2. The molecule has 13 rings (SSSR count). The molecule has 47 nitrogen and oxygen atoms in total. The van der Waals surface area contributed by atoms with Crippen LogP contribution in [0.1, 0.15) is 179 Å². The van der Waals surface area contributed by atoms with Crippen molar-refractivity contribution in [2.24, 2.45) is 62.1 Å². The van der Waals surface area contributed by atoms with Gasteiger partial charge in [-0.25, -0.2) is 4.79 Å². The molecule has 0 aromatic rings. The van der Waals surface area contributed by atoms with E-state index in [-0.39, 0.29) is 63.2 Å². The monoisotopic (exact) mass is 2020 g/mol. The summed E-state index contributed by atoms with van der Waals surface area (Å²) in [5.41, 5.74) is -8.04. The maximum Gasteiger partial charge on any atom is 0.335 e. The van der Waals surface area contributed by atoms with Crippen LogP contribution in [-0.4, -0.2) is 450 Å². The van der Waals surface area contributed by atoms with Crippen molar-refractivity contribution < 1.29 is 232 Å². The number of aliphatic hydroxyl groups is 23. The maximum absolute atomic E-state index is 16.6. The van der Waals surface area contributed by atoms with Crippen molar-refractivity contribution in [2.45, 2.75) is 437 Å². The molecule has 0 radical (unpaired) electrons. The summed E-state index contributed by atoms with van der Waals surface area (Å²) in [5.74, 6) is -7.30. The van der Waals surface area contributed by atoms with E-state index in [0.29, 0.717) is 32.1 Å². The average Bonchev–Trinajstić information content (AvgIpc) is 0.743. The van der Waals surface area contributed by atoms with Gasteiger partial charge in [-0.1, -0.05) is 93.7 Å². The number of hydrogen-bond donors (Lipinski definition) is 24. The molecule has 8 heterocycles. The third-order valence-corrected chi connectivity index (χ3v) is 33.6. The fourth-order valence-corrected chi connectivity index (χ4v) is 24.3.